The minimum atomic E-state index is -0.771. The number of carbonyl (C=O) groups is 1. The fourth-order valence-corrected chi connectivity index (χ4v) is 3.76. The van der Waals surface area contributed by atoms with E-state index in [1.807, 2.05) is 54.6 Å². The second-order valence-electron chi connectivity index (χ2n) is 6.31. The maximum atomic E-state index is 11.7. The second kappa shape index (κ2) is 7.51. The van der Waals surface area contributed by atoms with Gasteiger partial charge in [0.15, 0.2) is 0 Å². The standard InChI is InChI=1S/C22H19NO2.Li.H/c24-21(25)20-16-23(20)22(17-10-4-1-5-11-17,18-12-6-2-7-13-18)19-14-8-3-9-15-19;;/h1-15,20H,16H2,(H,24,25);;/q;+1;-1/t20-,23?;;/m0../s1. The monoisotopic (exact) mass is 337 g/mol. The van der Waals surface area contributed by atoms with Crippen LogP contribution in [0.1, 0.15) is 18.1 Å². The zero-order valence-corrected chi connectivity index (χ0v) is 14.7. The van der Waals surface area contributed by atoms with Gasteiger partial charge in [0.2, 0.25) is 0 Å². The summed E-state index contributed by atoms with van der Waals surface area (Å²) in [6.45, 7) is 0.536. The Bertz CT molecular complexity index is 778. The van der Waals surface area contributed by atoms with E-state index in [9.17, 15) is 9.90 Å². The maximum absolute atomic E-state index is 11.7. The molecule has 1 aliphatic heterocycles. The fraction of sp³-hybridized carbons (Fsp3) is 0.136. The third-order valence-corrected chi connectivity index (χ3v) is 4.90. The van der Waals surface area contributed by atoms with Gasteiger partial charge in [-0.05, 0) is 16.7 Å². The van der Waals surface area contributed by atoms with Gasteiger partial charge in [-0.25, -0.2) is 0 Å². The molecule has 1 fully saturated rings. The fourth-order valence-electron chi connectivity index (χ4n) is 3.76. The summed E-state index contributed by atoms with van der Waals surface area (Å²) in [6, 6.07) is 30.0. The molecule has 2 atom stereocenters. The summed E-state index contributed by atoms with van der Waals surface area (Å²) in [5, 5.41) is 9.59. The Morgan fingerprint density at radius 1 is 0.808 bits per heavy atom. The first-order valence-corrected chi connectivity index (χ1v) is 8.40. The molecule has 3 nitrogen and oxygen atoms in total. The molecule has 1 N–H and O–H groups in total. The Hall–Kier alpha value is -2.31. The van der Waals surface area contributed by atoms with E-state index < -0.39 is 17.6 Å². The van der Waals surface area contributed by atoms with Gasteiger partial charge in [-0.2, -0.15) is 0 Å². The van der Waals surface area contributed by atoms with E-state index in [-0.39, 0.29) is 20.3 Å². The van der Waals surface area contributed by atoms with E-state index in [0.29, 0.717) is 6.54 Å². The predicted molar refractivity (Wildman–Crippen MR) is 98.4 cm³/mol. The van der Waals surface area contributed by atoms with Crippen LogP contribution < -0.4 is 18.9 Å². The molecular weight excluding hydrogens is 317 g/mol. The first-order valence-electron chi connectivity index (χ1n) is 8.40. The van der Waals surface area contributed by atoms with Crippen molar-refractivity contribution in [3.8, 4) is 0 Å². The number of hydrogen-bond acceptors (Lipinski definition) is 2. The Kier molecular flexibility index (Phi) is 5.34. The van der Waals surface area contributed by atoms with E-state index in [1.54, 1.807) is 0 Å². The van der Waals surface area contributed by atoms with Crippen molar-refractivity contribution < 1.29 is 30.2 Å². The molecule has 0 aromatic heterocycles. The van der Waals surface area contributed by atoms with Gasteiger partial charge in [0.05, 0.1) is 5.54 Å². The van der Waals surface area contributed by atoms with Crippen LogP contribution in [0.2, 0.25) is 0 Å². The van der Waals surface area contributed by atoms with E-state index >= 15 is 0 Å². The molecule has 4 heteroatoms. The smallest absolute Gasteiger partial charge is 1.00 e. The van der Waals surface area contributed by atoms with E-state index in [0.717, 1.165) is 16.7 Å². The zero-order valence-electron chi connectivity index (χ0n) is 15.7. The van der Waals surface area contributed by atoms with Crippen molar-refractivity contribution in [2.24, 2.45) is 0 Å². The van der Waals surface area contributed by atoms with E-state index in [2.05, 4.69) is 41.3 Å². The molecule has 3 aromatic rings. The number of benzene rings is 3. The van der Waals surface area contributed by atoms with Crippen molar-refractivity contribution in [3.63, 3.8) is 0 Å². The minimum absolute atomic E-state index is 0. The number of nitrogens with zero attached hydrogens (tertiary/aromatic N) is 1. The van der Waals surface area contributed by atoms with Crippen molar-refractivity contribution in [3.05, 3.63) is 108 Å². The van der Waals surface area contributed by atoms with Crippen LogP contribution in [-0.2, 0) is 10.3 Å². The molecule has 0 bridgehead atoms. The predicted octanol–water partition coefficient (Wildman–Crippen LogP) is 0.864. The molecule has 1 heterocycles. The third-order valence-electron chi connectivity index (χ3n) is 4.90. The van der Waals surface area contributed by atoms with Crippen LogP contribution in [0.15, 0.2) is 91.0 Å². The van der Waals surface area contributed by atoms with Crippen LogP contribution in [0, 0.1) is 0 Å². The average Bonchev–Trinajstić information content (AvgIpc) is 3.47. The topological polar surface area (TPSA) is 40.3 Å². The molecule has 0 saturated carbocycles. The molecule has 0 amide bonds. The summed E-state index contributed by atoms with van der Waals surface area (Å²) < 4.78 is 0. The molecule has 0 spiro atoms. The Morgan fingerprint density at radius 3 is 1.42 bits per heavy atom. The molecule has 0 aliphatic carbocycles. The number of carboxylic acid groups (broad SMARTS) is 1. The summed E-state index contributed by atoms with van der Waals surface area (Å²) in [4.78, 5) is 13.7. The molecule has 1 unspecified atom stereocenters. The Labute approximate surface area is 166 Å². The summed E-state index contributed by atoms with van der Waals surface area (Å²) in [6.07, 6.45) is 0. The van der Waals surface area contributed by atoms with Gasteiger partial charge in [-0.3, -0.25) is 9.69 Å². The molecule has 1 saturated heterocycles. The quantitative estimate of drug-likeness (QED) is 0.427. The SMILES string of the molecule is O=C(O)[C@@H]1CN1C(c1ccccc1)(c1ccccc1)c1ccccc1.[H-].[Li+]. The van der Waals surface area contributed by atoms with Crippen LogP contribution in [0.3, 0.4) is 0 Å². The molecule has 126 valence electrons. The van der Waals surface area contributed by atoms with Gasteiger partial charge in [-0.1, -0.05) is 91.0 Å². The maximum Gasteiger partial charge on any atom is 1.00 e. The number of aliphatic carboxylic acids is 1. The van der Waals surface area contributed by atoms with Crippen molar-refractivity contribution in [1.82, 2.24) is 4.90 Å². The summed E-state index contributed by atoms with van der Waals surface area (Å²) in [7, 11) is 0. The molecule has 0 radical (unpaired) electrons. The molecular formula is C22H20LiNO2. The van der Waals surface area contributed by atoms with Gasteiger partial charge < -0.3 is 6.53 Å². The normalized spacial score (nSPS) is 18.6. The number of carboxylic acids is 1. The largest absolute Gasteiger partial charge is 1.00 e. The Balaban J connectivity index is 0.00000131. The van der Waals surface area contributed by atoms with Crippen LogP contribution in [0.4, 0.5) is 0 Å². The van der Waals surface area contributed by atoms with Crippen molar-refractivity contribution in [2.75, 3.05) is 6.54 Å². The zero-order chi connectivity index (χ0) is 17.3. The summed E-state index contributed by atoms with van der Waals surface area (Å²) in [5.74, 6) is -0.771. The second-order valence-corrected chi connectivity index (χ2v) is 6.31. The summed E-state index contributed by atoms with van der Waals surface area (Å²) in [5.41, 5.74) is 2.63. The van der Waals surface area contributed by atoms with Crippen molar-refractivity contribution in [1.29, 1.82) is 0 Å². The van der Waals surface area contributed by atoms with Gasteiger partial charge in [0.25, 0.3) is 0 Å². The number of hydrogen-bond donors (Lipinski definition) is 1. The van der Waals surface area contributed by atoms with Gasteiger partial charge >= 0.3 is 24.8 Å². The first kappa shape index (κ1) is 18.5. The van der Waals surface area contributed by atoms with Crippen LogP contribution >= 0.6 is 0 Å². The van der Waals surface area contributed by atoms with Gasteiger partial charge in [-0.15, -0.1) is 0 Å². The molecule has 26 heavy (non-hydrogen) atoms. The van der Waals surface area contributed by atoms with Gasteiger partial charge in [0.1, 0.15) is 6.04 Å². The Morgan fingerprint density at radius 2 is 1.15 bits per heavy atom. The van der Waals surface area contributed by atoms with E-state index in [1.165, 1.54) is 0 Å². The van der Waals surface area contributed by atoms with E-state index in [4.69, 9.17) is 0 Å². The first-order chi connectivity index (χ1) is 12.2. The number of rotatable bonds is 5. The minimum Gasteiger partial charge on any atom is -1.00 e. The molecule has 4 rings (SSSR count). The van der Waals surface area contributed by atoms with Crippen molar-refractivity contribution in [2.45, 2.75) is 11.6 Å². The molecule has 3 aromatic carbocycles. The van der Waals surface area contributed by atoms with Crippen LogP contribution in [0.5, 0.6) is 0 Å². The van der Waals surface area contributed by atoms with Gasteiger partial charge in [0, 0.05) is 6.54 Å². The van der Waals surface area contributed by atoms with Crippen LogP contribution in [-0.4, -0.2) is 28.6 Å². The van der Waals surface area contributed by atoms with Crippen molar-refractivity contribution >= 4 is 5.97 Å². The summed E-state index contributed by atoms with van der Waals surface area (Å²) >= 11 is 0. The molecule has 1 aliphatic rings. The van der Waals surface area contributed by atoms with Crippen LogP contribution in [0.25, 0.3) is 0 Å². The third kappa shape index (κ3) is 2.99. The average molecular weight is 337 g/mol.